The van der Waals surface area contributed by atoms with Gasteiger partial charge in [0.1, 0.15) is 0 Å². The van der Waals surface area contributed by atoms with E-state index in [0.717, 1.165) is 0 Å². The minimum atomic E-state index is 0.287. The third kappa shape index (κ3) is 3.88. The maximum absolute atomic E-state index is 7.88. The van der Waals surface area contributed by atoms with Gasteiger partial charge in [0, 0.05) is 6.04 Å². The highest BCUT2D eigenvalue weighted by Crippen LogP contribution is 1.66. The van der Waals surface area contributed by atoms with E-state index in [1.54, 1.807) is 0 Å². The third-order valence-corrected chi connectivity index (χ3v) is 0.353. The second-order valence-electron chi connectivity index (χ2n) is 1.41. The first-order valence-corrected chi connectivity index (χ1v) is 1.92. The lowest BCUT2D eigenvalue weighted by atomic mass is 10.4. The van der Waals surface area contributed by atoms with Gasteiger partial charge in [-0.05, 0) is 13.8 Å². The second kappa shape index (κ2) is 3.08. The molecule has 0 bridgehead atoms. The summed E-state index contributed by atoms with van der Waals surface area (Å²) in [5.41, 5.74) is 4.33. The third-order valence-electron chi connectivity index (χ3n) is 0.353. The first-order valence-electron chi connectivity index (χ1n) is 1.92. The van der Waals surface area contributed by atoms with Gasteiger partial charge in [-0.15, -0.1) is 5.59 Å². The van der Waals surface area contributed by atoms with Crippen LogP contribution in [0, 0.1) is 0 Å². The molecule has 3 N–H and O–H groups in total. The Morgan fingerprint density at radius 2 is 2.00 bits per heavy atom. The Balaban J connectivity index is 2.63. The Bertz CT molecular complexity index is 30.0. The molecule has 0 spiro atoms. The zero-order valence-corrected chi connectivity index (χ0v) is 4.02. The summed E-state index contributed by atoms with van der Waals surface area (Å²) in [6, 6.07) is 0.287. The SMILES string of the molecule is CC(C)NNO. The van der Waals surface area contributed by atoms with Crippen LogP contribution in [0.1, 0.15) is 13.8 Å². The minimum absolute atomic E-state index is 0.287. The minimum Gasteiger partial charge on any atom is -0.302 e. The molecule has 0 amide bonds. The van der Waals surface area contributed by atoms with Gasteiger partial charge in [-0.25, -0.2) is 5.43 Å². The van der Waals surface area contributed by atoms with E-state index in [1.165, 1.54) is 0 Å². The summed E-state index contributed by atoms with van der Waals surface area (Å²) in [4.78, 5) is 0. The molecule has 0 radical (unpaired) electrons. The molecule has 0 saturated heterocycles. The molecule has 0 atom stereocenters. The lowest BCUT2D eigenvalue weighted by molar-refractivity contribution is 0.110. The molecule has 0 unspecified atom stereocenters. The molecular formula is C3H10N2O. The predicted octanol–water partition coefficient (Wildman–Crippen LogP) is -0.122. The molecule has 38 valence electrons. The van der Waals surface area contributed by atoms with Crippen LogP contribution < -0.4 is 11.0 Å². The van der Waals surface area contributed by atoms with Crippen molar-refractivity contribution in [2.24, 2.45) is 0 Å². The van der Waals surface area contributed by atoms with Crippen LogP contribution in [0.4, 0.5) is 0 Å². The summed E-state index contributed by atoms with van der Waals surface area (Å²) in [5, 5.41) is 7.88. The summed E-state index contributed by atoms with van der Waals surface area (Å²) in [5.74, 6) is 0. The van der Waals surface area contributed by atoms with Crippen LogP contribution >= 0.6 is 0 Å². The Kier molecular flexibility index (Phi) is 3.02. The molecule has 0 aliphatic carbocycles. The Labute approximate surface area is 37.3 Å². The van der Waals surface area contributed by atoms with E-state index in [9.17, 15) is 0 Å². The van der Waals surface area contributed by atoms with E-state index in [2.05, 4.69) is 5.43 Å². The van der Waals surface area contributed by atoms with E-state index in [0.29, 0.717) is 0 Å². The standard InChI is InChI=1S/C3H10N2O/c1-3(2)4-5-6/h3-6H,1-2H3. The van der Waals surface area contributed by atoms with Crippen LogP contribution in [0.5, 0.6) is 0 Å². The smallest absolute Gasteiger partial charge is 0.0178 e. The van der Waals surface area contributed by atoms with Gasteiger partial charge in [0.05, 0.1) is 0 Å². The summed E-state index contributed by atoms with van der Waals surface area (Å²) in [7, 11) is 0. The summed E-state index contributed by atoms with van der Waals surface area (Å²) >= 11 is 0. The normalized spacial score (nSPS) is 10.0. The molecule has 3 heteroatoms. The number of rotatable bonds is 2. The fourth-order valence-electron chi connectivity index (χ4n) is 0.129. The summed E-state index contributed by atoms with van der Waals surface area (Å²) in [6.07, 6.45) is 0. The predicted molar refractivity (Wildman–Crippen MR) is 23.2 cm³/mol. The largest absolute Gasteiger partial charge is 0.302 e. The maximum atomic E-state index is 7.88. The van der Waals surface area contributed by atoms with Crippen molar-refractivity contribution >= 4 is 0 Å². The zero-order valence-electron chi connectivity index (χ0n) is 4.02. The van der Waals surface area contributed by atoms with Crippen molar-refractivity contribution in [2.45, 2.75) is 19.9 Å². The quantitative estimate of drug-likeness (QED) is 0.414. The maximum Gasteiger partial charge on any atom is 0.0178 e. The Morgan fingerprint density at radius 3 is 2.00 bits per heavy atom. The van der Waals surface area contributed by atoms with Gasteiger partial charge < -0.3 is 5.21 Å². The topological polar surface area (TPSA) is 44.3 Å². The van der Waals surface area contributed by atoms with Gasteiger partial charge in [0.2, 0.25) is 0 Å². The van der Waals surface area contributed by atoms with E-state index in [4.69, 9.17) is 5.21 Å². The van der Waals surface area contributed by atoms with Crippen molar-refractivity contribution in [3.63, 3.8) is 0 Å². The first kappa shape index (κ1) is 5.88. The zero-order chi connectivity index (χ0) is 4.99. The average molecular weight is 90.1 g/mol. The first-order chi connectivity index (χ1) is 2.77. The molecule has 0 saturated carbocycles. The molecule has 0 aromatic heterocycles. The molecule has 0 fully saturated rings. The number of hydrogen-bond donors (Lipinski definition) is 3. The summed E-state index contributed by atoms with van der Waals surface area (Å²) < 4.78 is 0. The molecule has 3 nitrogen and oxygen atoms in total. The van der Waals surface area contributed by atoms with Gasteiger partial charge in [-0.3, -0.25) is 0 Å². The van der Waals surface area contributed by atoms with E-state index in [-0.39, 0.29) is 6.04 Å². The Hall–Kier alpha value is -0.120. The average Bonchev–Trinajstić information content (AvgIpc) is 1.35. The van der Waals surface area contributed by atoms with Crippen LogP contribution in [-0.4, -0.2) is 11.2 Å². The lowest BCUT2D eigenvalue weighted by Gasteiger charge is -2.01. The molecule has 0 aromatic carbocycles. The fourth-order valence-corrected chi connectivity index (χ4v) is 0.129. The number of nitrogens with one attached hydrogen (secondary N) is 2. The van der Waals surface area contributed by atoms with Crippen LogP contribution in [0.3, 0.4) is 0 Å². The second-order valence-corrected chi connectivity index (χ2v) is 1.41. The van der Waals surface area contributed by atoms with Crippen molar-refractivity contribution in [3.8, 4) is 0 Å². The van der Waals surface area contributed by atoms with Gasteiger partial charge in [0.15, 0.2) is 0 Å². The molecule has 0 rings (SSSR count). The molecule has 0 heterocycles. The van der Waals surface area contributed by atoms with E-state index < -0.39 is 0 Å². The van der Waals surface area contributed by atoms with E-state index in [1.807, 2.05) is 19.4 Å². The molecular weight excluding hydrogens is 80.0 g/mol. The van der Waals surface area contributed by atoms with Crippen molar-refractivity contribution < 1.29 is 5.21 Å². The summed E-state index contributed by atoms with van der Waals surface area (Å²) in [6.45, 7) is 3.84. The van der Waals surface area contributed by atoms with Crippen molar-refractivity contribution in [2.75, 3.05) is 0 Å². The fraction of sp³-hybridized carbons (Fsp3) is 1.00. The van der Waals surface area contributed by atoms with Crippen LogP contribution in [0.15, 0.2) is 0 Å². The van der Waals surface area contributed by atoms with Gasteiger partial charge in [-0.2, -0.15) is 0 Å². The Morgan fingerprint density at radius 1 is 1.50 bits per heavy atom. The van der Waals surface area contributed by atoms with Crippen LogP contribution in [0.25, 0.3) is 0 Å². The lowest BCUT2D eigenvalue weighted by Crippen LogP contribution is -2.34. The highest BCUT2D eigenvalue weighted by molar-refractivity contribution is 4.39. The van der Waals surface area contributed by atoms with Crippen molar-refractivity contribution in [1.82, 2.24) is 11.0 Å². The van der Waals surface area contributed by atoms with Gasteiger partial charge in [-0.1, -0.05) is 0 Å². The molecule has 0 aliphatic heterocycles. The molecule has 6 heavy (non-hydrogen) atoms. The number of hydrazine groups is 1. The van der Waals surface area contributed by atoms with Crippen LogP contribution in [-0.2, 0) is 0 Å². The van der Waals surface area contributed by atoms with E-state index >= 15 is 0 Å². The molecule has 0 aliphatic rings. The van der Waals surface area contributed by atoms with Crippen molar-refractivity contribution in [3.05, 3.63) is 0 Å². The monoisotopic (exact) mass is 90.1 g/mol. The van der Waals surface area contributed by atoms with Gasteiger partial charge >= 0.3 is 0 Å². The van der Waals surface area contributed by atoms with Gasteiger partial charge in [0.25, 0.3) is 0 Å². The highest BCUT2D eigenvalue weighted by atomic mass is 16.5. The van der Waals surface area contributed by atoms with Crippen LogP contribution in [0.2, 0.25) is 0 Å². The van der Waals surface area contributed by atoms with Crippen molar-refractivity contribution in [1.29, 1.82) is 0 Å². The highest BCUT2D eigenvalue weighted by Gasteiger charge is 1.82. The molecule has 0 aromatic rings. The number of hydrogen-bond acceptors (Lipinski definition) is 3.